The largest absolute Gasteiger partial charge is 0.496 e. The average molecular weight is 314 g/mol. The lowest BCUT2D eigenvalue weighted by Gasteiger charge is -2.18. The molecule has 0 spiro atoms. The molecule has 0 unspecified atom stereocenters. The van der Waals surface area contributed by atoms with Crippen molar-refractivity contribution in [3.63, 3.8) is 0 Å². The number of carbonyl (C=O) groups is 2. The molecule has 23 heavy (non-hydrogen) atoms. The Morgan fingerprint density at radius 1 is 1.17 bits per heavy atom. The maximum atomic E-state index is 12.8. The minimum absolute atomic E-state index is 0.143. The van der Waals surface area contributed by atoms with E-state index in [0.29, 0.717) is 17.6 Å². The van der Waals surface area contributed by atoms with Crippen LogP contribution >= 0.6 is 0 Å². The van der Waals surface area contributed by atoms with Gasteiger partial charge in [0.2, 0.25) is 5.91 Å². The molecule has 122 valence electrons. The second-order valence-corrected chi connectivity index (χ2v) is 6.01. The fraction of sp³-hybridized carbons (Fsp3) is 0.333. The summed E-state index contributed by atoms with van der Waals surface area (Å²) in [5.74, 6) is -0.167. The fourth-order valence-corrected chi connectivity index (χ4v) is 2.77. The van der Waals surface area contributed by atoms with Crippen molar-refractivity contribution in [2.24, 2.45) is 17.4 Å². The molecule has 0 fully saturated rings. The number of rotatable bonds is 6. The van der Waals surface area contributed by atoms with Crippen molar-refractivity contribution >= 4 is 22.5 Å². The minimum Gasteiger partial charge on any atom is -0.496 e. The summed E-state index contributed by atoms with van der Waals surface area (Å²) < 4.78 is 5.33. The first kappa shape index (κ1) is 17.0. The van der Waals surface area contributed by atoms with Gasteiger partial charge in [0, 0.05) is 10.9 Å². The number of hydrogen-bond donors (Lipinski definition) is 2. The second kappa shape index (κ2) is 6.79. The van der Waals surface area contributed by atoms with Crippen LogP contribution in [-0.2, 0) is 0 Å². The number of hydrogen-bond acceptors (Lipinski definition) is 4. The van der Waals surface area contributed by atoms with E-state index in [-0.39, 0.29) is 22.8 Å². The lowest BCUT2D eigenvalue weighted by Crippen LogP contribution is -2.33. The molecule has 4 N–H and O–H groups in total. The van der Waals surface area contributed by atoms with Crippen LogP contribution in [0.3, 0.4) is 0 Å². The van der Waals surface area contributed by atoms with E-state index in [4.69, 9.17) is 16.2 Å². The Hall–Kier alpha value is -2.40. The third kappa shape index (κ3) is 3.35. The number of ketones is 1. The molecule has 0 bridgehead atoms. The topological polar surface area (TPSA) is 95.4 Å². The molecule has 0 radical (unpaired) electrons. The molecule has 0 aliphatic rings. The summed E-state index contributed by atoms with van der Waals surface area (Å²) in [6.45, 7) is 3.99. The number of nitrogens with two attached hydrogens (primary N) is 2. The van der Waals surface area contributed by atoms with Gasteiger partial charge in [-0.25, -0.2) is 0 Å². The highest BCUT2D eigenvalue weighted by Crippen LogP contribution is 2.32. The zero-order chi connectivity index (χ0) is 17.1. The van der Waals surface area contributed by atoms with Crippen molar-refractivity contribution in [1.82, 2.24) is 0 Å². The molecule has 0 aliphatic heterocycles. The maximum Gasteiger partial charge on any atom is 0.249 e. The van der Waals surface area contributed by atoms with Gasteiger partial charge in [-0.1, -0.05) is 38.1 Å². The van der Waals surface area contributed by atoms with Gasteiger partial charge in [-0.05, 0) is 23.8 Å². The summed E-state index contributed by atoms with van der Waals surface area (Å²) in [5, 5.41) is 1.38. The summed E-state index contributed by atoms with van der Waals surface area (Å²) in [6, 6.07) is 8.10. The summed E-state index contributed by atoms with van der Waals surface area (Å²) in [7, 11) is 1.51. The highest BCUT2D eigenvalue weighted by atomic mass is 16.5. The van der Waals surface area contributed by atoms with E-state index in [0.717, 1.165) is 5.39 Å². The summed E-state index contributed by atoms with van der Waals surface area (Å²) in [5.41, 5.74) is 12.0. The van der Waals surface area contributed by atoms with Gasteiger partial charge in [0.15, 0.2) is 5.78 Å². The molecule has 2 aromatic carbocycles. The smallest absolute Gasteiger partial charge is 0.249 e. The predicted octanol–water partition coefficient (Wildman–Crippen LogP) is 2.50. The molecule has 1 amide bonds. The van der Waals surface area contributed by atoms with Crippen molar-refractivity contribution < 1.29 is 14.3 Å². The molecular weight excluding hydrogens is 292 g/mol. The van der Waals surface area contributed by atoms with Gasteiger partial charge in [-0.15, -0.1) is 0 Å². The molecule has 1 atom stereocenters. The van der Waals surface area contributed by atoms with E-state index in [9.17, 15) is 9.59 Å². The Balaban J connectivity index is 2.72. The molecule has 0 aromatic heterocycles. The molecule has 5 nitrogen and oxygen atoms in total. The van der Waals surface area contributed by atoms with Crippen LogP contribution in [0.5, 0.6) is 5.75 Å². The first-order valence-corrected chi connectivity index (χ1v) is 7.56. The van der Waals surface area contributed by atoms with Gasteiger partial charge in [0.25, 0.3) is 0 Å². The van der Waals surface area contributed by atoms with E-state index in [1.165, 1.54) is 13.2 Å². The molecule has 2 aromatic rings. The number of methoxy groups -OCH3 is 1. The molecule has 2 rings (SSSR count). The first-order chi connectivity index (χ1) is 10.9. The van der Waals surface area contributed by atoms with Crippen LogP contribution in [0.1, 0.15) is 41.0 Å². The zero-order valence-corrected chi connectivity index (χ0v) is 13.6. The van der Waals surface area contributed by atoms with E-state index in [1.54, 1.807) is 12.1 Å². The summed E-state index contributed by atoms with van der Waals surface area (Å²) >= 11 is 0. The number of amides is 1. The van der Waals surface area contributed by atoms with Crippen LogP contribution in [-0.4, -0.2) is 24.8 Å². The highest BCUT2D eigenvalue weighted by Gasteiger charge is 2.25. The monoisotopic (exact) mass is 314 g/mol. The third-order valence-electron chi connectivity index (χ3n) is 3.80. The lowest BCUT2D eigenvalue weighted by molar-refractivity contribution is 0.0936. The molecule has 0 saturated heterocycles. The van der Waals surface area contributed by atoms with Gasteiger partial charge in [0.1, 0.15) is 5.75 Å². The first-order valence-electron chi connectivity index (χ1n) is 7.56. The van der Waals surface area contributed by atoms with E-state index in [1.807, 2.05) is 26.0 Å². The van der Waals surface area contributed by atoms with Crippen LogP contribution in [0, 0.1) is 5.92 Å². The van der Waals surface area contributed by atoms with E-state index in [2.05, 4.69) is 0 Å². The Labute approximate surface area is 135 Å². The summed E-state index contributed by atoms with van der Waals surface area (Å²) in [6.07, 6.45) is 0.539. The predicted molar refractivity (Wildman–Crippen MR) is 90.8 cm³/mol. The van der Waals surface area contributed by atoms with Crippen molar-refractivity contribution in [3.05, 3.63) is 41.5 Å². The van der Waals surface area contributed by atoms with Crippen LogP contribution in [0.2, 0.25) is 0 Å². The Morgan fingerprint density at radius 3 is 2.30 bits per heavy atom. The SMILES string of the molecule is COc1cc(C(N)=O)c(C(=O)[C@@H](N)CC(C)C)c2ccccc12. The highest BCUT2D eigenvalue weighted by molar-refractivity contribution is 6.18. The lowest BCUT2D eigenvalue weighted by atomic mass is 9.89. The number of primary amides is 1. The molecular formula is C18H22N2O3. The van der Waals surface area contributed by atoms with Gasteiger partial charge in [-0.3, -0.25) is 9.59 Å². The fourth-order valence-electron chi connectivity index (χ4n) is 2.77. The number of benzene rings is 2. The molecule has 0 heterocycles. The van der Waals surface area contributed by atoms with Crippen molar-refractivity contribution in [2.45, 2.75) is 26.3 Å². The number of fused-ring (bicyclic) bond motifs is 1. The average Bonchev–Trinajstić information content (AvgIpc) is 2.51. The third-order valence-corrected chi connectivity index (χ3v) is 3.80. The normalized spacial score (nSPS) is 12.4. The van der Waals surface area contributed by atoms with Crippen molar-refractivity contribution in [2.75, 3.05) is 7.11 Å². The van der Waals surface area contributed by atoms with Crippen LogP contribution < -0.4 is 16.2 Å². The number of ether oxygens (including phenoxy) is 1. The number of Topliss-reactive ketones (excluding diaryl/α,β-unsaturated/α-hetero) is 1. The Morgan fingerprint density at radius 2 is 1.78 bits per heavy atom. The van der Waals surface area contributed by atoms with Crippen molar-refractivity contribution in [1.29, 1.82) is 0 Å². The maximum absolute atomic E-state index is 12.8. The van der Waals surface area contributed by atoms with Crippen LogP contribution in [0.4, 0.5) is 0 Å². The van der Waals surface area contributed by atoms with E-state index < -0.39 is 11.9 Å². The zero-order valence-electron chi connectivity index (χ0n) is 13.6. The van der Waals surface area contributed by atoms with Crippen LogP contribution in [0.15, 0.2) is 30.3 Å². The quantitative estimate of drug-likeness (QED) is 0.801. The second-order valence-electron chi connectivity index (χ2n) is 6.01. The molecule has 0 aliphatic carbocycles. The van der Waals surface area contributed by atoms with Gasteiger partial charge >= 0.3 is 0 Å². The van der Waals surface area contributed by atoms with Gasteiger partial charge < -0.3 is 16.2 Å². The Bertz CT molecular complexity index is 753. The van der Waals surface area contributed by atoms with E-state index >= 15 is 0 Å². The number of carbonyl (C=O) groups excluding carboxylic acids is 2. The standard InChI is InChI=1S/C18H22N2O3/c1-10(2)8-14(19)17(21)16-12-7-5-4-6-11(12)15(23-3)9-13(16)18(20)22/h4-7,9-10,14H,8,19H2,1-3H3,(H2,20,22)/t14-/m0/s1. The summed E-state index contributed by atoms with van der Waals surface area (Å²) in [4.78, 5) is 24.7. The Kier molecular flexibility index (Phi) is 5.01. The molecule has 5 heteroatoms. The molecule has 0 saturated carbocycles. The van der Waals surface area contributed by atoms with Gasteiger partial charge in [0.05, 0.1) is 18.7 Å². The van der Waals surface area contributed by atoms with Crippen LogP contribution in [0.25, 0.3) is 10.8 Å². The van der Waals surface area contributed by atoms with Gasteiger partial charge in [-0.2, -0.15) is 0 Å². The minimum atomic E-state index is -0.676. The van der Waals surface area contributed by atoms with Crippen molar-refractivity contribution in [3.8, 4) is 5.75 Å².